The Morgan fingerprint density at radius 1 is 1.26 bits per heavy atom. The van der Waals surface area contributed by atoms with Gasteiger partial charge in [0, 0.05) is 10.9 Å². The zero-order chi connectivity index (χ0) is 13.4. The average Bonchev–Trinajstić information content (AvgIpc) is 3.04. The number of carbonyl (C=O) groups is 1. The third kappa shape index (κ3) is 2.28. The highest BCUT2D eigenvalue weighted by atomic mass is 35.5. The molecule has 19 heavy (non-hydrogen) atoms. The van der Waals surface area contributed by atoms with Crippen LogP contribution in [0.1, 0.15) is 37.2 Å². The molecule has 0 aromatic heterocycles. The number of hydrogen-bond donors (Lipinski definition) is 0. The maximum atomic E-state index is 12.6. The Labute approximate surface area is 118 Å². The molecule has 98 valence electrons. The van der Waals surface area contributed by atoms with Gasteiger partial charge in [0.2, 0.25) is 0 Å². The Morgan fingerprint density at radius 2 is 2.00 bits per heavy atom. The van der Waals surface area contributed by atoms with E-state index in [-0.39, 0.29) is 11.7 Å². The van der Waals surface area contributed by atoms with E-state index in [9.17, 15) is 10.1 Å². The summed E-state index contributed by atoms with van der Waals surface area (Å²) in [7, 11) is 0. The van der Waals surface area contributed by atoms with Crippen molar-refractivity contribution in [3.05, 3.63) is 34.9 Å². The van der Waals surface area contributed by atoms with Crippen LogP contribution in [-0.4, -0.2) is 5.78 Å². The van der Waals surface area contributed by atoms with Crippen LogP contribution in [0.25, 0.3) is 0 Å². The van der Waals surface area contributed by atoms with Crippen LogP contribution in [-0.2, 0) is 4.79 Å². The number of ketones is 1. The Morgan fingerprint density at radius 3 is 2.53 bits per heavy atom. The van der Waals surface area contributed by atoms with E-state index in [1.807, 2.05) is 0 Å². The summed E-state index contributed by atoms with van der Waals surface area (Å²) < 4.78 is 0. The Balaban J connectivity index is 1.81. The van der Waals surface area contributed by atoms with Gasteiger partial charge in [0.1, 0.15) is 5.92 Å². The third-order valence-corrected chi connectivity index (χ3v) is 4.97. The van der Waals surface area contributed by atoms with Crippen LogP contribution < -0.4 is 0 Å². The highest BCUT2D eigenvalue weighted by Crippen LogP contribution is 2.49. The van der Waals surface area contributed by atoms with Gasteiger partial charge in [0.05, 0.1) is 6.07 Å². The van der Waals surface area contributed by atoms with E-state index in [1.54, 1.807) is 24.3 Å². The fraction of sp³-hybridized carbons (Fsp3) is 0.500. The zero-order valence-electron chi connectivity index (χ0n) is 10.7. The van der Waals surface area contributed by atoms with E-state index < -0.39 is 5.92 Å². The average molecular weight is 274 g/mol. The summed E-state index contributed by atoms with van der Waals surface area (Å²) in [4.78, 5) is 12.6. The number of Topliss-reactive ketones (excluding diaryl/α,β-unsaturated/α-hetero) is 1. The molecule has 1 aromatic rings. The van der Waals surface area contributed by atoms with Gasteiger partial charge in [-0.3, -0.25) is 4.79 Å². The number of rotatable bonds is 3. The molecule has 0 spiro atoms. The minimum Gasteiger partial charge on any atom is -0.298 e. The van der Waals surface area contributed by atoms with Gasteiger partial charge in [-0.1, -0.05) is 30.2 Å². The number of carbonyl (C=O) groups excluding carboxylic acids is 1. The minimum absolute atomic E-state index is 0.110. The maximum absolute atomic E-state index is 12.6. The first-order valence-electron chi connectivity index (χ1n) is 6.88. The lowest BCUT2D eigenvalue weighted by Crippen LogP contribution is -2.25. The first-order valence-corrected chi connectivity index (χ1v) is 7.25. The molecule has 0 heterocycles. The van der Waals surface area contributed by atoms with Gasteiger partial charge in [-0.2, -0.15) is 5.26 Å². The predicted molar refractivity (Wildman–Crippen MR) is 73.8 cm³/mol. The molecule has 4 atom stereocenters. The zero-order valence-corrected chi connectivity index (χ0v) is 11.4. The number of fused-ring (bicyclic) bond motifs is 2. The molecular weight excluding hydrogens is 258 g/mol. The lowest BCUT2D eigenvalue weighted by Gasteiger charge is -2.22. The van der Waals surface area contributed by atoms with E-state index in [0.29, 0.717) is 10.9 Å². The first kappa shape index (κ1) is 12.7. The van der Waals surface area contributed by atoms with Crippen molar-refractivity contribution in [1.29, 1.82) is 5.26 Å². The van der Waals surface area contributed by atoms with E-state index in [1.165, 1.54) is 19.3 Å². The van der Waals surface area contributed by atoms with E-state index in [2.05, 4.69) is 6.07 Å². The molecule has 0 saturated heterocycles. The second-order valence-electron chi connectivity index (χ2n) is 5.80. The van der Waals surface area contributed by atoms with Gasteiger partial charge in [0.15, 0.2) is 5.78 Å². The topological polar surface area (TPSA) is 40.9 Å². The third-order valence-electron chi connectivity index (χ3n) is 4.72. The molecule has 2 saturated carbocycles. The van der Waals surface area contributed by atoms with Crippen molar-refractivity contribution in [1.82, 2.24) is 0 Å². The SMILES string of the molecule is N#CC(C(=O)C1CC2CCC1C2)c1ccc(Cl)cc1. The molecule has 2 nitrogen and oxygen atoms in total. The number of halogens is 1. The molecule has 3 heteroatoms. The van der Waals surface area contributed by atoms with Crippen LogP contribution in [0, 0.1) is 29.1 Å². The van der Waals surface area contributed by atoms with Gasteiger partial charge in [-0.25, -0.2) is 0 Å². The molecule has 0 radical (unpaired) electrons. The molecule has 2 bridgehead atoms. The molecule has 2 aliphatic rings. The number of hydrogen-bond acceptors (Lipinski definition) is 2. The van der Waals surface area contributed by atoms with Crippen molar-refractivity contribution in [3.63, 3.8) is 0 Å². The van der Waals surface area contributed by atoms with Gasteiger partial charge in [-0.05, 0) is 48.8 Å². The number of nitrogens with zero attached hydrogens (tertiary/aromatic N) is 1. The highest BCUT2D eigenvalue weighted by Gasteiger charge is 2.44. The monoisotopic (exact) mass is 273 g/mol. The van der Waals surface area contributed by atoms with Crippen molar-refractivity contribution in [2.45, 2.75) is 31.6 Å². The first-order chi connectivity index (χ1) is 9.19. The fourth-order valence-corrected chi connectivity index (χ4v) is 3.89. The summed E-state index contributed by atoms with van der Waals surface area (Å²) >= 11 is 5.85. The molecule has 4 unspecified atom stereocenters. The smallest absolute Gasteiger partial charge is 0.157 e. The van der Waals surface area contributed by atoms with Crippen LogP contribution in [0.2, 0.25) is 5.02 Å². The lowest BCUT2D eigenvalue weighted by molar-refractivity contribution is -0.124. The van der Waals surface area contributed by atoms with Crippen molar-refractivity contribution in [3.8, 4) is 6.07 Å². The molecule has 2 fully saturated rings. The Bertz CT molecular complexity index is 531. The predicted octanol–water partition coefficient (Wildman–Crippen LogP) is 3.95. The van der Waals surface area contributed by atoms with Crippen molar-refractivity contribution < 1.29 is 4.79 Å². The second-order valence-corrected chi connectivity index (χ2v) is 6.23. The van der Waals surface area contributed by atoms with Gasteiger partial charge < -0.3 is 0 Å². The summed E-state index contributed by atoms with van der Waals surface area (Å²) in [5.41, 5.74) is 0.777. The summed E-state index contributed by atoms with van der Waals surface area (Å²) in [6.07, 6.45) is 4.62. The molecule has 1 aromatic carbocycles. The molecule has 2 aliphatic carbocycles. The quantitative estimate of drug-likeness (QED) is 0.837. The summed E-state index contributed by atoms with van der Waals surface area (Å²) in [5, 5.41) is 9.98. The van der Waals surface area contributed by atoms with E-state index in [4.69, 9.17) is 11.6 Å². The van der Waals surface area contributed by atoms with Crippen LogP contribution in [0.4, 0.5) is 0 Å². The lowest BCUT2D eigenvalue weighted by atomic mass is 9.79. The Kier molecular flexibility index (Phi) is 3.33. The van der Waals surface area contributed by atoms with Gasteiger partial charge in [0.25, 0.3) is 0 Å². The second kappa shape index (κ2) is 4.98. The summed E-state index contributed by atoms with van der Waals surface area (Å²) in [6.45, 7) is 0. The summed E-state index contributed by atoms with van der Waals surface area (Å²) in [5.74, 6) is 0.863. The molecule has 0 aliphatic heterocycles. The highest BCUT2D eigenvalue weighted by molar-refractivity contribution is 6.30. The van der Waals surface area contributed by atoms with Crippen LogP contribution in [0.5, 0.6) is 0 Å². The van der Waals surface area contributed by atoms with Gasteiger partial charge in [-0.15, -0.1) is 0 Å². The minimum atomic E-state index is -0.624. The van der Waals surface area contributed by atoms with Crippen LogP contribution in [0.15, 0.2) is 24.3 Å². The normalized spacial score (nSPS) is 30.0. The van der Waals surface area contributed by atoms with E-state index in [0.717, 1.165) is 17.9 Å². The van der Waals surface area contributed by atoms with Crippen molar-refractivity contribution in [2.24, 2.45) is 17.8 Å². The molecule has 0 amide bonds. The Hall–Kier alpha value is -1.33. The number of benzene rings is 1. The van der Waals surface area contributed by atoms with Crippen molar-refractivity contribution in [2.75, 3.05) is 0 Å². The molecule has 0 N–H and O–H groups in total. The molecular formula is C16H16ClNO. The van der Waals surface area contributed by atoms with E-state index >= 15 is 0 Å². The van der Waals surface area contributed by atoms with Crippen LogP contribution in [0.3, 0.4) is 0 Å². The number of nitriles is 1. The maximum Gasteiger partial charge on any atom is 0.157 e. The summed E-state index contributed by atoms with van der Waals surface area (Å²) in [6, 6.07) is 9.26. The fourth-order valence-electron chi connectivity index (χ4n) is 3.76. The largest absolute Gasteiger partial charge is 0.298 e. The molecule has 3 rings (SSSR count). The van der Waals surface area contributed by atoms with Crippen molar-refractivity contribution >= 4 is 17.4 Å². The van der Waals surface area contributed by atoms with Crippen LogP contribution >= 0.6 is 11.6 Å². The van der Waals surface area contributed by atoms with Gasteiger partial charge >= 0.3 is 0 Å². The standard InChI is InChI=1S/C16H16ClNO/c17-13-5-3-11(4-6-13)15(9-18)16(19)14-8-10-1-2-12(14)7-10/h3-6,10,12,14-15H,1-2,7-8H2.